The van der Waals surface area contributed by atoms with Crippen molar-refractivity contribution >= 4 is 29.4 Å². The van der Waals surface area contributed by atoms with Crippen LogP contribution in [0.1, 0.15) is 71.9 Å². The smallest absolute Gasteiger partial charge is 0.322 e. The Bertz CT molecular complexity index is 1050. The minimum Gasteiger partial charge on any atom is -0.480 e. The molecule has 0 bridgehead atoms. The van der Waals surface area contributed by atoms with Gasteiger partial charge in [-0.05, 0) is 63.1 Å². The zero-order valence-corrected chi connectivity index (χ0v) is 23.6. The number of nitrogens with zero attached hydrogens (tertiary/aromatic N) is 1. The molecule has 5 N–H and O–H groups in total. The molecule has 10 nitrogen and oxygen atoms in total. The largest absolute Gasteiger partial charge is 0.480 e. The molecule has 1 aliphatic heterocycles. The van der Waals surface area contributed by atoms with Crippen LogP contribution in [0.3, 0.4) is 0 Å². The maximum absolute atomic E-state index is 13.5. The van der Waals surface area contributed by atoms with Gasteiger partial charge in [-0.2, -0.15) is 0 Å². The van der Waals surface area contributed by atoms with Crippen LogP contribution in [0, 0.1) is 5.92 Å². The first kappa shape index (κ1) is 30.8. The van der Waals surface area contributed by atoms with Crippen molar-refractivity contribution in [2.45, 2.75) is 84.3 Å². The van der Waals surface area contributed by atoms with Crippen LogP contribution in [0.15, 0.2) is 30.3 Å². The van der Waals surface area contributed by atoms with Crippen molar-refractivity contribution in [2.75, 3.05) is 13.6 Å². The first-order valence-electron chi connectivity index (χ1n) is 13.2. The summed E-state index contributed by atoms with van der Waals surface area (Å²) < 4.78 is 0. The Morgan fingerprint density at radius 3 is 2.45 bits per heavy atom. The number of carboxylic acid groups (broad SMARTS) is 1. The van der Waals surface area contributed by atoms with E-state index in [-0.39, 0.29) is 11.8 Å². The van der Waals surface area contributed by atoms with Crippen LogP contribution in [0.2, 0.25) is 0 Å². The van der Waals surface area contributed by atoms with Crippen molar-refractivity contribution < 1.29 is 24.3 Å². The molecule has 3 atom stereocenters. The number of hydrazine groups is 1. The van der Waals surface area contributed by atoms with Gasteiger partial charge in [0.1, 0.15) is 18.1 Å². The van der Waals surface area contributed by atoms with Crippen molar-refractivity contribution in [2.24, 2.45) is 5.92 Å². The molecule has 0 aliphatic carbocycles. The molecule has 0 saturated carbocycles. The molecule has 3 amide bonds. The molecular weight excluding hydrogens is 486 g/mol. The standard InChI is InChI=1S/C28H43N5O5/c1-8-11-21(29-7)19-12-9-13-20(16-19)28(5,6)27(38)31-23(17(2)3)24(34)30-18(4)25(35)33-15-10-14-22(32-33)26(36)37/h9,11-13,16-18,22-23,29,32H,8,10,14-15H2,1-7H3,(H,30,34)(H,31,38)(H,36,37)/b21-11-/t18-,22-,23-/m0/s1. The van der Waals surface area contributed by atoms with E-state index in [1.165, 1.54) is 5.01 Å². The predicted molar refractivity (Wildman–Crippen MR) is 147 cm³/mol. The average Bonchev–Trinajstić information content (AvgIpc) is 2.89. The van der Waals surface area contributed by atoms with E-state index in [0.29, 0.717) is 19.4 Å². The quantitative estimate of drug-likeness (QED) is 0.296. The third kappa shape index (κ3) is 7.56. The highest BCUT2D eigenvalue weighted by Crippen LogP contribution is 2.27. The van der Waals surface area contributed by atoms with Crippen LogP contribution in [0.4, 0.5) is 0 Å². The second-order valence-electron chi connectivity index (χ2n) is 10.6. The maximum Gasteiger partial charge on any atom is 0.322 e. The van der Waals surface area contributed by atoms with Crippen molar-refractivity contribution in [3.8, 4) is 0 Å². The number of allylic oxidation sites excluding steroid dienone is 1. The van der Waals surface area contributed by atoms with Gasteiger partial charge in [-0.1, -0.05) is 45.0 Å². The highest BCUT2D eigenvalue weighted by molar-refractivity contribution is 5.95. The fourth-order valence-corrected chi connectivity index (χ4v) is 4.35. The molecule has 210 valence electrons. The molecule has 1 saturated heterocycles. The lowest BCUT2D eigenvalue weighted by atomic mass is 9.82. The third-order valence-corrected chi connectivity index (χ3v) is 6.86. The fourth-order valence-electron chi connectivity index (χ4n) is 4.35. The van der Waals surface area contributed by atoms with Gasteiger partial charge < -0.3 is 21.1 Å². The summed E-state index contributed by atoms with van der Waals surface area (Å²) in [6.07, 6.45) is 3.91. The summed E-state index contributed by atoms with van der Waals surface area (Å²) in [6, 6.07) is 5.13. The lowest BCUT2D eigenvalue weighted by Crippen LogP contribution is -2.61. The molecule has 2 rings (SSSR count). The van der Waals surface area contributed by atoms with E-state index in [2.05, 4.69) is 34.4 Å². The summed E-state index contributed by atoms with van der Waals surface area (Å²) in [6.45, 7) is 11.2. The van der Waals surface area contributed by atoms with Gasteiger partial charge >= 0.3 is 5.97 Å². The number of rotatable bonds is 11. The molecular formula is C28H43N5O5. The van der Waals surface area contributed by atoms with E-state index < -0.39 is 41.3 Å². The van der Waals surface area contributed by atoms with Crippen molar-refractivity contribution in [3.05, 3.63) is 41.5 Å². The Morgan fingerprint density at radius 2 is 1.87 bits per heavy atom. The van der Waals surface area contributed by atoms with E-state index in [0.717, 1.165) is 23.2 Å². The van der Waals surface area contributed by atoms with Gasteiger partial charge in [0.15, 0.2) is 0 Å². The van der Waals surface area contributed by atoms with Crippen LogP contribution in [0.25, 0.3) is 5.70 Å². The molecule has 1 heterocycles. The van der Waals surface area contributed by atoms with E-state index in [1.807, 2.05) is 59.0 Å². The van der Waals surface area contributed by atoms with Gasteiger partial charge in [0, 0.05) is 19.3 Å². The lowest BCUT2D eigenvalue weighted by Gasteiger charge is -2.34. The molecule has 1 aromatic rings. The zero-order chi connectivity index (χ0) is 28.6. The first-order valence-corrected chi connectivity index (χ1v) is 13.2. The maximum atomic E-state index is 13.5. The average molecular weight is 530 g/mol. The normalized spacial score (nSPS) is 17.9. The van der Waals surface area contributed by atoms with Crippen LogP contribution in [-0.2, 0) is 24.6 Å². The number of amides is 3. The number of carboxylic acids is 1. The summed E-state index contributed by atoms with van der Waals surface area (Å²) >= 11 is 0. The van der Waals surface area contributed by atoms with Gasteiger partial charge in [-0.15, -0.1) is 0 Å². The van der Waals surface area contributed by atoms with Crippen LogP contribution in [-0.4, -0.2) is 65.5 Å². The third-order valence-electron chi connectivity index (χ3n) is 6.86. The molecule has 0 spiro atoms. The van der Waals surface area contributed by atoms with Crippen LogP contribution < -0.4 is 21.4 Å². The number of hydrogen-bond acceptors (Lipinski definition) is 6. The van der Waals surface area contributed by atoms with Gasteiger partial charge in [-0.25, -0.2) is 5.43 Å². The van der Waals surface area contributed by atoms with Crippen molar-refractivity contribution in [1.82, 2.24) is 26.4 Å². The highest BCUT2D eigenvalue weighted by Gasteiger charge is 2.36. The van der Waals surface area contributed by atoms with E-state index in [9.17, 15) is 24.3 Å². The minimum atomic E-state index is -1.03. The number of hydrogen-bond donors (Lipinski definition) is 5. The molecule has 1 fully saturated rings. The molecule has 10 heteroatoms. The Balaban J connectivity index is 2.13. The predicted octanol–water partition coefficient (Wildman–Crippen LogP) is 2.16. The Morgan fingerprint density at radius 1 is 1.18 bits per heavy atom. The van der Waals surface area contributed by atoms with Gasteiger partial charge in [0.2, 0.25) is 11.8 Å². The van der Waals surface area contributed by atoms with Gasteiger partial charge in [-0.3, -0.25) is 24.2 Å². The minimum absolute atomic E-state index is 0.240. The molecule has 0 aromatic heterocycles. The van der Waals surface area contributed by atoms with Crippen molar-refractivity contribution in [1.29, 1.82) is 0 Å². The molecule has 0 radical (unpaired) electrons. The number of aliphatic carboxylic acids is 1. The summed E-state index contributed by atoms with van der Waals surface area (Å²) in [5, 5.41) is 19.3. The van der Waals surface area contributed by atoms with E-state index >= 15 is 0 Å². The van der Waals surface area contributed by atoms with Crippen LogP contribution in [0.5, 0.6) is 0 Å². The Hall–Kier alpha value is -3.40. The second kappa shape index (κ2) is 13.4. The van der Waals surface area contributed by atoms with E-state index in [4.69, 9.17) is 0 Å². The lowest BCUT2D eigenvalue weighted by molar-refractivity contribution is -0.148. The topological polar surface area (TPSA) is 140 Å². The summed E-state index contributed by atoms with van der Waals surface area (Å²) in [7, 11) is 1.86. The Labute approximate surface area is 225 Å². The number of benzene rings is 1. The monoisotopic (exact) mass is 529 g/mol. The number of carbonyl (C=O) groups excluding carboxylic acids is 3. The van der Waals surface area contributed by atoms with Crippen LogP contribution >= 0.6 is 0 Å². The molecule has 38 heavy (non-hydrogen) atoms. The molecule has 1 aromatic carbocycles. The summed E-state index contributed by atoms with van der Waals surface area (Å²) in [5.74, 6) is -2.49. The van der Waals surface area contributed by atoms with Gasteiger partial charge in [0.05, 0.1) is 5.41 Å². The SMILES string of the molecule is CC/C=C(\NC)c1cccc(C(C)(C)C(=O)N[C@H](C(=O)N[C@@H](C)C(=O)N2CCC[C@@H](C(=O)O)N2)C(C)C)c1. The zero-order valence-electron chi connectivity index (χ0n) is 23.6. The van der Waals surface area contributed by atoms with Gasteiger partial charge in [0.25, 0.3) is 5.91 Å². The van der Waals surface area contributed by atoms with Crippen molar-refractivity contribution in [3.63, 3.8) is 0 Å². The highest BCUT2D eigenvalue weighted by atomic mass is 16.4. The van der Waals surface area contributed by atoms with E-state index in [1.54, 1.807) is 6.92 Å². The molecule has 0 unspecified atom stereocenters. The number of carbonyl (C=O) groups is 4. The Kier molecular flexibility index (Phi) is 10.9. The molecule has 1 aliphatic rings. The summed E-state index contributed by atoms with van der Waals surface area (Å²) in [4.78, 5) is 50.8. The summed E-state index contributed by atoms with van der Waals surface area (Å²) in [5.41, 5.74) is 4.52. The second-order valence-corrected chi connectivity index (χ2v) is 10.6. The first-order chi connectivity index (χ1) is 17.8. The fraction of sp³-hybridized carbons (Fsp3) is 0.571. The number of nitrogens with one attached hydrogen (secondary N) is 4.